The van der Waals surface area contributed by atoms with Crippen molar-refractivity contribution in [3.8, 4) is 5.69 Å². The van der Waals surface area contributed by atoms with Gasteiger partial charge in [0.2, 0.25) is 11.8 Å². The molecule has 0 saturated heterocycles. The molecule has 2 amide bonds. The van der Waals surface area contributed by atoms with Crippen LogP contribution in [0.1, 0.15) is 56.7 Å². The Morgan fingerprint density at radius 2 is 1.95 bits per heavy atom. The topological polar surface area (TPSA) is 67.2 Å². The summed E-state index contributed by atoms with van der Waals surface area (Å²) in [6.07, 6.45) is 0. The standard InChI is InChI=1S/C28H32ClFN4O2S/c1-17(2)14-31-22(35)15-33-23(36)16-37-25(20-11-6-7-12-21(20)29)24-26(28(3,4)5)32-34(27(24)33)19-10-8-9-18(30)13-19/h6-13,17,25H,14-16H2,1-5H3,(H,31,35). The number of halogens is 2. The predicted molar refractivity (Wildman–Crippen MR) is 148 cm³/mol. The van der Waals surface area contributed by atoms with Gasteiger partial charge in [0.25, 0.3) is 0 Å². The van der Waals surface area contributed by atoms with Gasteiger partial charge in [-0.05, 0) is 35.7 Å². The lowest BCUT2D eigenvalue weighted by molar-refractivity contribution is -0.123. The number of carbonyl (C=O) groups excluding carboxylic acids is 2. The molecule has 0 radical (unpaired) electrons. The summed E-state index contributed by atoms with van der Waals surface area (Å²) in [6, 6.07) is 13.6. The van der Waals surface area contributed by atoms with Crippen LogP contribution in [0, 0.1) is 11.7 Å². The quantitative estimate of drug-likeness (QED) is 0.421. The zero-order valence-corrected chi connectivity index (χ0v) is 23.3. The van der Waals surface area contributed by atoms with E-state index in [0.717, 1.165) is 16.8 Å². The lowest BCUT2D eigenvalue weighted by atomic mass is 9.87. The van der Waals surface area contributed by atoms with Gasteiger partial charge in [0.15, 0.2) is 0 Å². The van der Waals surface area contributed by atoms with Crippen LogP contribution >= 0.6 is 23.4 Å². The molecule has 1 aromatic heterocycles. The molecule has 1 atom stereocenters. The molecule has 2 aromatic carbocycles. The number of nitrogens with zero attached hydrogens (tertiary/aromatic N) is 3. The first-order valence-electron chi connectivity index (χ1n) is 12.3. The zero-order chi connectivity index (χ0) is 26.9. The SMILES string of the molecule is CC(C)CNC(=O)CN1C(=O)CSC(c2ccccc2Cl)c2c(C(C)(C)C)nn(-c3cccc(F)c3)c21. The predicted octanol–water partition coefficient (Wildman–Crippen LogP) is 5.90. The molecule has 0 saturated carbocycles. The van der Waals surface area contributed by atoms with E-state index in [9.17, 15) is 14.0 Å². The number of benzene rings is 2. The van der Waals surface area contributed by atoms with E-state index in [0.29, 0.717) is 23.1 Å². The van der Waals surface area contributed by atoms with Crippen molar-refractivity contribution >= 4 is 41.0 Å². The summed E-state index contributed by atoms with van der Waals surface area (Å²) in [6.45, 7) is 10.5. The first kappa shape index (κ1) is 27.2. The van der Waals surface area contributed by atoms with Gasteiger partial charge in [-0.3, -0.25) is 14.5 Å². The Hall–Kier alpha value is -2.84. The van der Waals surface area contributed by atoms with Crippen molar-refractivity contribution < 1.29 is 14.0 Å². The Morgan fingerprint density at radius 1 is 1.22 bits per heavy atom. The van der Waals surface area contributed by atoms with Gasteiger partial charge in [0, 0.05) is 22.5 Å². The van der Waals surface area contributed by atoms with Crippen LogP contribution in [0.15, 0.2) is 48.5 Å². The third-order valence-electron chi connectivity index (χ3n) is 6.05. The Bertz CT molecular complexity index is 1320. The molecule has 1 unspecified atom stereocenters. The largest absolute Gasteiger partial charge is 0.354 e. The number of rotatable bonds is 6. The maximum Gasteiger partial charge on any atom is 0.240 e. The van der Waals surface area contributed by atoms with E-state index in [4.69, 9.17) is 16.7 Å². The second kappa shape index (κ2) is 10.9. The van der Waals surface area contributed by atoms with Gasteiger partial charge in [0.1, 0.15) is 18.2 Å². The van der Waals surface area contributed by atoms with Gasteiger partial charge in [-0.15, -0.1) is 11.8 Å². The Kier molecular flexibility index (Phi) is 7.99. The highest BCUT2D eigenvalue weighted by Gasteiger charge is 2.40. The van der Waals surface area contributed by atoms with Crippen molar-refractivity contribution in [3.05, 3.63) is 76.2 Å². The molecule has 4 rings (SSSR count). The van der Waals surface area contributed by atoms with E-state index in [2.05, 4.69) is 5.32 Å². The Balaban J connectivity index is 1.99. The number of fused-ring (bicyclic) bond motifs is 1. The minimum Gasteiger partial charge on any atom is -0.354 e. The monoisotopic (exact) mass is 542 g/mol. The van der Waals surface area contributed by atoms with Crippen LogP contribution in [0.25, 0.3) is 5.69 Å². The van der Waals surface area contributed by atoms with E-state index in [1.54, 1.807) is 16.8 Å². The van der Waals surface area contributed by atoms with Crippen molar-refractivity contribution in [2.75, 3.05) is 23.7 Å². The smallest absolute Gasteiger partial charge is 0.240 e. The molecular weight excluding hydrogens is 511 g/mol. The Morgan fingerprint density at radius 3 is 2.59 bits per heavy atom. The number of aromatic nitrogens is 2. The van der Waals surface area contributed by atoms with Gasteiger partial charge in [-0.2, -0.15) is 5.10 Å². The number of hydrogen-bond acceptors (Lipinski definition) is 4. The molecule has 0 aliphatic carbocycles. The second-order valence-electron chi connectivity index (χ2n) is 10.6. The highest BCUT2D eigenvalue weighted by Crippen LogP contribution is 2.49. The Labute approximate surface area is 226 Å². The third kappa shape index (κ3) is 5.85. The normalized spacial score (nSPS) is 16.1. The minimum absolute atomic E-state index is 0.148. The summed E-state index contributed by atoms with van der Waals surface area (Å²) in [5, 5.41) is 8.13. The van der Waals surface area contributed by atoms with Gasteiger partial charge >= 0.3 is 0 Å². The molecule has 2 heterocycles. The van der Waals surface area contributed by atoms with Crippen LogP contribution in [0.5, 0.6) is 0 Å². The van der Waals surface area contributed by atoms with E-state index < -0.39 is 11.2 Å². The van der Waals surface area contributed by atoms with Crippen molar-refractivity contribution in [1.82, 2.24) is 15.1 Å². The molecule has 1 aliphatic rings. The van der Waals surface area contributed by atoms with Crippen LogP contribution < -0.4 is 10.2 Å². The molecule has 0 bridgehead atoms. The average molecular weight is 543 g/mol. The van der Waals surface area contributed by atoms with Gasteiger partial charge < -0.3 is 5.32 Å². The van der Waals surface area contributed by atoms with Gasteiger partial charge in [0.05, 0.1) is 22.4 Å². The summed E-state index contributed by atoms with van der Waals surface area (Å²) in [4.78, 5) is 28.1. The van der Waals surface area contributed by atoms with Crippen molar-refractivity contribution in [1.29, 1.82) is 0 Å². The maximum atomic E-state index is 14.4. The molecule has 9 heteroatoms. The van der Waals surface area contributed by atoms with E-state index in [1.807, 2.05) is 58.9 Å². The fourth-order valence-corrected chi connectivity index (χ4v) is 5.86. The number of anilines is 1. The number of amides is 2. The van der Waals surface area contributed by atoms with E-state index >= 15 is 0 Å². The molecule has 0 spiro atoms. The highest BCUT2D eigenvalue weighted by molar-refractivity contribution is 8.00. The number of carbonyl (C=O) groups is 2. The summed E-state index contributed by atoms with van der Waals surface area (Å²) < 4.78 is 16.0. The molecule has 1 N–H and O–H groups in total. The minimum atomic E-state index is -0.419. The van der Waals surface area contributed by atoms with Crippen LogP contribution in [-0.2, 0) is 15.0 Å². The van der Waals surface area contributed by atoms with Crippen molar-refractivity contribution in [2.45, 2.75) is 45.3 Å². The molecule has 37 heavy (non-hydrogen) atoms. The van der Waals surface area contributed by atoms with Crippen LogP contribution in [0.3, 0.4) is 0 Å². The summed E-state index contributed by atoms with van der Waals surface area (Å²) in [7, 11) is 0. The lowest BCUT2D eigenvalue weighted by Gasteiger charge is -2.25. The lowest BCUT2D eigenvalue weighted by Crippen LogP contribution is -2.43. The number of nitrogens with one attached hydrogen (secondary N) is 1. The second-order valence-corrected chi connectivity index (χ2v) is 12.1. The first-order valence-corrected chi connectivity index (χ1v) is 13.7. The molecular formula is C28H32ClFN4O2S. The third-order valence-corrected chi connectivity index (χ3v) is 7.63. The van der Waals surface area contributed by atoms with E-state index in [1.165, 1.54) is 28.8 Å². The summed E-state index contributed by atoms with van der Waals surface area (Å²) in [5.41, 5.74) is 2.47. The fraction of sp³-hybridized carbons (Fsp3) is 0.393. The fourth-order valence-electron chi connectivity index (χ4n) is 4.31. The van der Waals surface area contributed by atoms with Crippen LogP contribution in [0.4, 0.5) is 10.2 Å². The summed E-state index contributed by atoms with van der Waals surface area (Å²) in [5.74, 6) is -0.0244. The molecule has 1 aliphatic heterocycles. The number of hydrogen-bond donors (Lipinski definition) is 1. The van der Waals surface area contributed by atoms with Crippen LogP contribution in [-0.4, -0.2) is 40.4 Å². The molecule has 0 fully saturated rings. The summed E-state index contributed by atoms with van der Waals surface area (Å²) >= 11 is 8.12. The zero-order valence-electron chi connectivity index (χ0n) is 21.7. The molecule has 196 valence electrons. The molecule has 6 nitrogen and oxygen atoms in total. The van der Waals surface area contributed by atoms with Crippen molar-refractivity contribution in [2.24, 2.45) is 5.92 Å². The molecule has 3 aromatic rings. The van der Waals surface area contributed by atoms with Crippen molar-refractivity contribution in [3.63, 3.8) is 0 Å². The van der Waals surface area contributed by atoms with E-state index in [-0.39, 0.29) is 35.3 Å². The van der Waals surface area contributed by atoms with Crippen LogP contribution in [0.2, 0.25) is 5.02 Å². The highest BCUT2D eigenvalue weighted by atomic mass is 35.5. The average Bonchev–Trinajstić information content (AvgIpc) is 3.17. The first-order chi connectivity index (χ1) is 17.5. The van der Waals surface area contributed by atoms with Gasteiger partial charge in [-0.1, -0.05) is 70.5 Å². The van der Waals surface area contributed by atoms with Gasteiger partial charge in [-0.25, -0.2) is 9.07 Å². The maximum absolute atomic E-state index is 14.4. The number of thioether (sulfide) groups is 1.